The largest absolute Gasteiger partial charge is 0.444 e. The number of fused-ring (bicyclic) bond motifs is 1. The lowest BCUT2D eigenvalue weighted by molar-refractivity contribution is 0.0636. The van der Waals surface area contributed by atoms with Crippen LogP contribution in [0.25, 0.3) is 0 Å². The minimum absolute atomic E-state index is 0.419. The van der Waals surface area contributed by atoms with Crippen LogP contribution in [0.1, 0.15) is 40.0 Å². The molecule has 0 bridgehead atoms. The summed E-state index contributed by atoms with van der Waals surface area (Å²) in [7, 11) is 0. The molecule has 2 fully saturated rings. The van der Waals surface area contributed by atoms with Crippen molar-refractivity contribution in [2.24, 2.45) is 0 Å². The average molecular weight is 317 g/mol. The van der Waals surface area contributed by atoms with Crippen molar-refractivity contribution in [3.05, 3.63) is 24.3 Å². The van der Waals surface area contributed by atoms with Crippen LogP contribution in [0.4, 0.5) is 16.2 Å². The Balaban J connectivity index is 1.60. The van der Waals surface area contributed by atoms with E-state index in [1.807, 2.05) is 39.0 Å². The van der Waals surface area contributed by atoms with Gasteiger partial charge < -0.3 is 10.1 Å². The van der Waals surface area contributed by atoms with E-state index >= 15 is 0 Å². The van der Waals surface area contributed by atoms with Crippen molar-refractivity contribution in [3.8, 4) is 0 Å². The lowest BCUT2D eigenvalue weighted by Gasteiger charge is -2.23. The molecular formula is C18H27N3O2. The SMILES string of the molecule is CC(C)(C)OC(=O)Nc1cccc(NC2CCN3CCCC23)c1. The van der Waals surface area contributed by atoms with Crippen molar-refractivity contribution >= 4 is 17.5 Å². The van der Waals surface area contributed by atoms with Crippen molar-refractivity contribution in [2.75, 3.05) is 23.7 Å². The molecule has 2 saturated heterocycles. The van der Waals surface area contributed by atoms with E-state index in [1.54, 1.807) is 0 Å². The molecule has 126 valence electrons. The quantitative estimate of drug-likeness (QED) is 0.893. The first kappa shape index (κ1) is 16.1. The second kappa shape index (κ2) is 6.40. The van der Waals surface area contributed by atoms with Gasteiger partial charge in [-0.15, -0.1) is 0 Å². The maximum absolute atomic E-state index is 11.9. The summed E-state index contributed by atoms with van der Waals surface area (Å²) in [5.41, 5.74) is 1.32. The number of nitrogens with one attached hydrogen (secondary N) is 2. The van der Waals surface area contributed by atoms with Crippen LogP contribution in [-0.2, 0) is 4.74 Å². The molecular weight excluding hydrogens is 290 g/mol. The predicted octanol–water partition coefficient (Wildman–Crippen LogP) is 3.68. The van der Waals surface area contributed by atoms with E-state index in [4.69, 9.17) is 4.74 Å². The number of ether oxygens (including phenoxy) is 1. The van der Waals surface area contributed by atoms with Crippen LogP contribution in [0.3, 0.4) is 0 Å². The first-order chi connectivity index (χ1) is 10.9. The highest BCUT2D eigenvalue weighted by Crippen LogP contribution is 2.30. The van der Waals surface area contributed by atoms with Crippen LogP contribution < -0.4 is 10.6 Å². The molecule has 5 nitrogen and oxygen atoms in total. The highest BCUT2D eigenvalue weighted by atomic mass is 16.6. The van der Waals surface area contributed by atoms with Gasteiger partial charge in [-0.25, -0.2) is 4.79 Å². The summed E-state index contributed by atoms with van der Waals surface area (Å²) >= 11 is 0. The van der Waals surface area contributed by atoms with Gasteiger partial charge in [0.15, 0.2) is 0 Å². The van der Waals surface area contributed by atoms with Crippen LogP contribution in [0.5, 0.6) is 0 Å². The zero-order valence-corrected chi connectivity index (χ0v) is 14.3. The van der Waals surface area contributed by atoms with Crippen molar-refractivity contribution < 1.29 is 9.53 Å². The number of amides is 1. The molecule has 2 heterocycles. The maximum Gasteiger partial charge on any atom is 0.412 e. The van der Waals surface area contributed by atoms with Gasteiger partial charge in [0.2, 0.25) is 0 Å². The number of hydrogen-bond donors (Lipinski definition) is 2. The standard InChI is InChI=1S/C18H27N3O2/c1-18(2,3)23-17(22)20-14-7-4-6-13(12-14)19-15-9-11-21-10-5-8-16(15)21/h4,6-7,12,15-16,19H,5,8-11H2,1-3H3,(H,20,22). The van der Waals surface area contributed by atoms with Gasteiger partial charge in [0, 0.05) is 30.0 Å². The molecule has 1 amide bonds. The molecule has 2 aliphatic heterocycles. The molecule has 0 spiro atoms. The van der Waals surface area contributed by atoms with Gasteiger partial charge >= 0.3 is 6.09 Å². The fourth-order valence-corrected chi connectivity index (χ4v) is 3.57. The van der Waals surface area contributed by atoms with Gasteiger partial charge in [0.1, 0.15) is 5.60 Å². The van der Waals surface area contributed by atoms with Gasteiger partial charge in [-0.05, 0) is 64.8 Å². The zero-order chi connectivity index (χ0) is 16.4. The predicted molar refractivity (Wildman–Crippen MR) is 92.9 cm³/mol. The second-order valence-corrected chi connectivity index (χ2v) is 7.49. The summed E-state index contributed by atoms with van der Waals surface area (Å²) in [5.74, 6) is 0. The molecule has 1 aromatic carbocycles. The third-order valence-electron chi connectivity index (χ3n) is 4.47. The van der Waals surface area contributed by atoms with E-state index in [0.29, 0.717) is 12.1 Å². The summed E-state index contributed by atoms with van der Waals surface area (Å²) in [6.45, 7) is 8.01. The molecule has 2 unspecified atom stereocenters. The van der Waals surface area contributed by atoms with Crippen molar-refractivity contribution in [1.29, 1.82) is 0 Å². The van der Waals surface area contributed by atoms with Gasteiger partial charge in [0.05, 0.1) is 0 Å². The number of hydrogen-bond acceptors (Lipinski definition) is 4. The summed E-state index contributed by atoms with van der Waals surface area (Å²) in [6.07, 6.45) is 3.36. The number of carbonyl (C=O) groups excluding carboxylic acids is 1. The Morgan fingerprint density at radius 1 is 1.22 bits per heavy atom. The zero-order valence-electron chi connectivity index (χ0n) is 14.3. The molecule has 2 atom stereocenters. The Morgan fingerprint density at radius 2 is 2.00 bits per heavy atom. The van der Waals surface area contributed by atoms with E-state index in [2.05, 4.69) is 21.6 Å². The Bertz CT molecular complexity index is 568. The fraction of sp³-hybridized carbons (Fsp3) is 0.611. The topological polar surface area (TPSA) is 53.6 Å². The van der Waals surface area contributed by atoms with E-state index in [-0.39, 0.29) is 0 Å². The number of anilines is 2. The molecule has 0 aliphatic carbocycles. The van der Waals surface area contributed by atoms with E-state index in [9.17, 15) is 4.79 Å². The summed E-state index contributed by atoms with van der Waals surface area (Å²) in [5, 5.41) is 6.44. The molecule has 0 aromatic heterocycles. The smallest absolute Gasteiger partial charge is 0.412 e. The molecule has 1 aromatic rings. The van der Waals surface area contributed by atoms with Gasteiger partial charge in [-0.3, -0.25) is 10.2 Å². The second-order valence-electron chi connectivity index (χ2n) is 7.49. The van der Waals surface area contributed by atoms with Crippen LogP contribution in [-0.4, -0.2) is 41.8 Å². The molecule has 2 N–H and O–H groups in total. The normalized spacial score (nSPS) is 24.3. The van der Waals surface area contributed by atoms with Crippen molar-refractivity contribution in [2.45, 2.75) is 57.7 Å². The summed E-state index contributed by atoms with van der Waals surface area (Å²) in [6, 6.07) is 9.04. The minimum Gasteiger partial charge on any atom is -0.444 e. The van der Waals surface area contributed by atoms with E-state index < -0.39 is 11.7 Å². The fourth-order valence-electron chi connectivity index (χ4n) is 3.57. The third-order valence-corrected chi connectivity index (χ3v) is 4.47. The first-order valence-corrected chi connectivity index (χ1v) is 8.51. The third kappa shape index (κ3) is 4.16. The molecule has 0 radical (unpaired) electrons. The lowest BCUT2D eigenvalue weighted by atomic mass is 10.1. The maximum atomic E-state index is 11.9. The highest BCUT2D eigenvalue weighted by molar-refractivity contribution is 5.85. The van der Waals surface area contributed by atoms with Crippen molar-refractivity contribution in [1.82, 2.24) is 4.90 Å². The Labute approximate surface area is 138 Å². The van der Waals surface area contributed by atoms with Crippen molar-refractivity contribution in [3.63, 3.8) is 0 Å². The van der Waals surface area contributed by atoms with Crippen LogP contribution >= 0.6 is 0 Å². The Kier molecular flexibility index (Phi) is 4.48. The van der Waals surface area contributed by atoms with E-state index in [1.165, 1.54) is 32.4 Å². The molecule has 0 saturated carbocycles. The lowest BCUT2D eigenvalue weighted by Crippen LogP contribution is -2.33. The summed E-state index contributed by atoms with van der Waals surface area (Å²) in [4.78, 5) is 14.5. The Hall–Kier alpha value is -1.75. The van der Waals surface area contributed by atoms with Crippen LogP contribution in [0.15, 0.2) is 24.3 Å². The monoisotopic (exact) mass is 317 g/mol. The average Bonchev–Trinajstić information content (AvgIpc) is 3.02. The van der Waals surface area contributed by atoms with Crippen LogP contribution in [0, 0.1) is 0 Å². The van der Waals surface area contributed by atoms with Gasteiger partial charge in [0.25, 0.3) is 0 Å². The van der Waals surface area contributed by atoms with Gasteiger partial charge in [-0.2, -0.15) is 0 Å². The molecule has 2 aliphatic rings. The number of rotatable bonds is 3. The number of nitrogens with zero attached hydrogens (tertiary/aromatic N) is 1. The summed E-state index contributed by atoms with van der Waals surface area (Å²) < 4.78 is 5.29. The Morgan fingerprint density at radius 3 is 2.78 bits per heavy atom. The molecule has 23 heavy (non-hydrogen) atoms. The number of benzene rings is 1. The minimum atomic E-state index is -0.490. The van der Waals surface area contributed by atoms with E-state index in [0.717, 1.165) is 11.4 Å². The molecule has 3 rings (SSSR count). The first-order valence-electron chi connectivity index (χ1n) is 8.51. The highest BCUT2D eigenvalue weighted by Gasteiger charge is 2.36. The molecule has 5 heteroatoms. The van der Waals surface area contributed by atoms with Gasteiger partial charge in [-0.1, -0.05) is 6.07 Å². The van der Waals surface area contributed by atoms with Crippen LogP contribution in [0.2, 0.25) is 0 Å². The number of carbonyl (C=O) groups is 1.